The number of amides is 1. The second-order valence-corrected chi connectivity index (χ2v) is 7.29. The third-order valence-electron chi connectivity index (χ3n) is 5.30. The summed E-state index contributed by atoms with van der Waals surface area (Å²) in [5, 5.41) is 3.20. The summed E-state index contributed by atoms with van der Waals surface area (Å²) in [7, 11) is 0. The van der Waals surface area contributed by atoms with E-state index < -0.39 is 0 Å². The van der Waals surface area contributed by atoms with Crippen molar-refractivity contribution in [1.82, 2.24) is 9.88 Å². The third kappa shape index (κ3) is 4.60. The lowest BCUT2D eigenvalue weighted by atomic mass is 9.90. The number of nitrogens with one attached hydrogen (secondary N) is 1. The minimum atomic E-state index is 0.0848. The van der Waals surface area contributed by atoms with E-state index in [1.165, 1.54) is 5.56 Å². The van der Waals surface area contributed by atoms with Gasteiger partial charge in [0, 0.05) is 24.8 Å². The van der Waals surface area contributed by atoms with Gasteiger partial charge in [0.25, 0.3) is 5.91 Å². The smallest absolute Gasteiger partial charge is 0.254 e. The number of carbonyl (C=O) groups is 1. The number of aromatic nitrogens is 1. The number of anilines is 1. The number of hydrogen-bond acceptors (Lipinski definition) is 4. The number of furan rings is 1. The predicted molar refractivity (Wildman–Crippen MR) is 109 cm³/mol. The molecule has 1 saturated heterocycles. The Labute approximate surface area is 165 Å². The van der Waals surface area contributed by atoms with Gasteiger partial charge in [-0.15, -0.1) is 0 Å². The molecule has 5 heteroatoms. The molecule has 5 nitrogen and oxygen atoms in total. The van der Waals surface area contributed by atoms with Crippen LogP contribution in [0.1, 0.15) is 34.5 Å². The van der Waals surface area contributed by atoms with Gasteiger partial charge in [-0.3, -0.25) is 4.79 Å². The molecule has 1 aliphatic rings. The van der Waals surface area contributed by atoms with Gasteiger partial charge in [-0.05, 0) is 55.0 Å². The fourth-order valence-corrected chi connectivity index (χ4v) is 3.72. The van der Waals surface area contributed by atoms with Crippen LogP contribution in [-0.4, -0.2) is 28.9 Å². The lowest BCUT2D eigenvalue weighted by Gasteiger charge is -2.32. The van der Waals surface area contributed by atoms with Gasteiger partial charge >= 0.3 is 0 Å². The third-order valence-corrected chi connectivity index (χ3v) is 5.30. The van der Waals surface area contributed by atoms with Gasteiger partial charge in [0.15, 0.2) is 0 Å². The molecule has 0 radical (unpaired) electrons. The summed E-state index contributed by atoms with van der Waals surface area (Å²) in [5.41, 5.74) is 2.06. The van der Waals surface area contributed by atoms with E-state index >= 15 is 0 Å². The highest BCUT2D eigenvalue weighted by Crippen LogP contribution is 2.23. The molecule has 4 rings (SSSR count). The van der Waals surface area contributed by atoms with Crippen molar-refractivity contribution in [3.05, 3.63) is 83.9 Å². The van der Waals surface area contributed by atoms with Crippen LogP contribution in [0.15, 0.2) is 71.5 Å². The number of carbonyl (C=O) groups excluding carboxylic acids is 1. The quantitative estimate of drug-likeness (QED) is 0.695. The molecule has 1 amide bonds. The molecule has 0 unspecified atom stereocenters. The summed E-state index contributed by atoms with van der Waals surface area (Å²) in [4.78, 5) is 19.2. The Kier molecular flexibility index (Phi) is 5.71. The fraction of sp³-hybridized carbons (Fsp3) is 0.304. The maximum absolute atomic E-state index is 12.9. The molecule has 3 heterocycles. The first kappa shape index (κ1) is 18.3. The zero-order chi connectivity index (χ0) is 19.2. The highest BCUT2D eigenvalue weighted by molar-refractivity contribution is 5.94. The number of rotatable bonds is 6. The summed E-state index contributed by atoms with van der Waals surface area (Å²) >= 11 is 0. The van der Waals surface area contributed by atoms with Crippen LogP contribution in [0.2, 0.25) is 0 Å². The number of pyridine rings is 1. The van der Waals surface area contributed by atoms with Crippen molar-refractivity contribution in [2.24, 2.45) is 5.92 Å². The van der Waals surface area contributed by atoms with Crippen LogP contribution >= 0.6 is 0 Å². The Morgan fingerprint density at radius 3 is 2.68 bits per heavy atom. The van der Waals surface area contributed by atoms with Crippen molar-refractivity contribution in [2.45, 2.75) is 25.8 Å². The molecule has 0 spiro atoms. The van der Waals surface area contributed by atoms with Crippen LogP contribution in [-0.2, 0) is 13.0 Å². The van der Waals surface area contributed by atoms with Crippen molar-refractivity contribution in [2.75, 3.05) is 18.4 Å². The molecular weight excluding hydrogens is 350 g/mol. The van der Waals surface area contributed by atoms with Gasteiger partial charge in [-0.25, -0.2) is 4.98 Å². The SMILES string of the molecule is O=C(c1ccnc(NCc2ccco2)c1)N1CCC(Cc2ccccc2)CC1. The number of hydrogen-bond donors (Lipinski definition) is 1. The Bertz CT molecular complexity index is 885. The van der Waals surface area contributed by atoms with E-state index in [4.69, 9.17) is 4.42 Å². The molecular formula is C23H25N3O2. The van der Waals surface area contributed by atoms with Gasteiger partial charge in [-0.2, -0.15) is 0 Å². The van der Waals surface area contributed by atoms with Gasteiger partial charge in [0.2, 0.25) is 0 Å². The summed E-state index contributed by atoms with van der Waals surface area (Å²) in [6, 6.07) is 18.0. The number of piperidine rings is 1. The molecule has 1 aromatic carbocycles. The largest absolute Gasteiger partial charge is 0.467 e. The first-order valence-corrected chi connectivity index (χ1v) is 9.83. The zero-order valence-electron chi connectivity index (χ0n) is 15.9. The van der Waals surface area contributed by atoms with Gasteiger partial charge in [0.05, 0.1) is 12.8 Å². The van der Waals surface area contributed by atoms with E-state index in [-0.39, 0.29) is 5.91 Å². The van der Waals surface area contributed by atoms with Crippen LogP contribution in [0.5, 0.6) is 0 Å². The molecule has 1 aliphatic heterocycles. The predicted octanol–water partition coefficient (Wildman–Crippen LogP) is 4.38. The summed E-state index contributed by atoms with van der Waals surface area (Å²) in [5.74, 6) is 2.25. The lowest BCUT2D eigenvalue weighted by Crippen LogP contribution is -2.38. The molecule has 0 atom stereocenters. The second-order valence-electron chi connectivity index (χ2n) is 7.29. The summed E-state index contributed by atoms with van der Waals surface area (Å²) < 4.78 is 5.32. The molecule has 0 saturated carbocycles. The van der Waals surface area contributed by atoms with E-state index in [1.54, 1.807) is 18.5 Å². The number of likely N-dealkylation sites (tertiary alicyclic amines) is 1. The normalized spacial score (nSPS) is 14.8. The molecule has 3 aromatic rings. The standard InChI is InChI=1S/C23H25N3O2/c27-23(20-8-11-24-22(16-20)25-17-21-7-4-14-28-21)26-12-9-19(10-13-26)15-18-5-2-1-3-6-18/h1-8,11,14,16,19H,9-10,12-13,15,17H2,(H,24,25). The minimum absolute atomic E-state index is 0.0848. The van der Waals surface area contributed by atoms with Crippen molar-refractivity contribution >= 4 is 11.7 Å². The Hall–Kier alpha value is -3.08. The maximum atomic E-state index is 12.9. The molecule has 1 fully saturated rings. The average Bonchev–Trinajstić information content (AvgIpc) is 3.27. The van der Waals surface area contributed by atoms with Crippen LogP contribution in [0.3, 0.4) is 0 Å². The van der Waals surface area contributed by atoms with Crippen molar-refractivity contribution in [3.8, 4) is 0 Å². The van der Waals surface area contributed by atoms with E-state index in [0.29, 0.717) is 23.8 Å². The highest BCUT2D eigenvalue weighted by atomic mass is 16.3. The Balaban J connectivity index is 1.31. The van der Waals surface area contributed by atoms with Gasteiger partial charge in [0.1, 0.15) is 11.6 Å². The number of benzene rings is 1. The first-order valence-electron chi connectivity index (χ1n) is 9.83. The van der Waals surface area contributed by atoms with Crippen LogP contribution in [0, 0.1) is 5.92 Å². The van der Waals surface area contributed by atoms with Crippen molar-refractivity contribution in [1.29, 1.82) is 0 Å². The average molecular weight is 375 g/mol. The fourth-order valence-electron chi connectivity index (χ4n) is 3.72. The molecule has 0 aliphatic carbocycles. The van der Waals surface area contributed by atoms with Crippen LogP contribution < -0.4 is 5.32 Å². The highest BCUT2D eigenvalue weighted by Gasteiger charge is 2.24. The Morgan fingerprint density at radius 2 is 1.93 bits per heavy atom. The zero-order valence-corrected chi connectivity index (χ0v) is 15.9. The van der Waals surface area contributed by atoms with E-state index in [1.807, 2.05) is 23.1 Å². The minimum Gasteiger partial charge on any atom is -0.467 e. The molecule has 2 aromatic heterocycles. The van der Waals surface area contributed by atoms with Crippen molar-refractivity contribution in [3.63, 3.8) is 0 Å². The second kappa shape index (κ2) is 8.74. The van der Waals surface area contributed by atoms with Crippen molar-refractivity contribution < 1.29 is 9.21 Å². The summed E-state index contributed by atoms with van der Waals surface area (Å²) in [6.45, 7) is 2.17. The van der Waals surface area contributed by atoms with E-state index in [0.717, 1.165) is 38.1 Å². The Morgan fingerprint density at radius 1 is 1.11 bits per heavy atom. The monoisotopic (exact) mass is 375 g/mol. The molecule has 1 N–H and O–H groups in total. The lowest BCUT2D eigenvalue weighted by molar-refractivity contribution is 0.0690. The van der Waals surface area contributed by atoms with Crippen LogP contribution in [0.4, 0.5) is 5.82 Å². The number of nitrogens with zero attached hydrogens (tertiary/aromatic N) is 2. The molecule has 28 heavy (non-hydrogen) atoms. The molecule has 0 bridgehead atoms. The maximum Gasteiger partial charge on any atom is 0.254 e. The first-order chi connectivity index (χ1) is 13.8. The summed E-state index contributed by atoms with van der Waals surface area (Å²) in [6.07, 6.45) is 6.52. The van der Waals surface area contributed by atoms with E-state index in [9.17, 15) is 4.79 Å². The molecule has 144 valence electrons. The van der Waals surface area contributed by atoms with Gasteiger partial charge < -0.3 is 14.6 Å². The topological polar surface area (TPSA) is 58.4 Å². The van der Waals surface area contributed by atoms with Gasteiger partial charge in [-0.1, -0.05) is 30.3 Å². The van der Waals surface area contributed by atoms with E-state index in [2.05, 4.69) is 40.6 Å². The van der Waals surface area contributed by atoms with Crippen LogP contribution in [0.25, 0.3) is 0 Å².